The molecule has 7 aromatic heterocycles. The predicted octanol–water partition coefficient (Wildman–Crippen LogP) is 26.9. The fourth-order valence-corrected chi connectivity index (χ4v) is 18.9. The van der Waals surface area contributed by atoms with Crippen LogP contribution in [0.3, 0.4) is 0 Å². The van der Waals surface area contributed by atoms with Crippen molar-refractivity contribution in [3.05, 3.63) is 407 Å². The Kier molecular flexibility index (Phi) is 15.4. The fraction of sp³-hybridized carbons (Fsp3) is 0. The molecule has 0 unspecified atom stereocenters. The second kappa shape index (κ2) is 27.2. The Morgan fingerprint density at radius 3 is 0.857 bits per heavy atom. The van der Waals surface area contributed by atoms with E-state index < -0.39 is 0 Å². The Labute approximate surface area is 682 Å². The molecule has 11 nitrogen and oxygen atoms in total. The van der Waals surface area contributed by atoms with Crippen molar-refractivity contribution in [2.75, 3.05) is 0 Å². The van der Waals surface area contributed by atoms with Crippen LogP contribution in [0.1, 0.15) is 0 Å². The van der Waals surface area contributed by atoms with Crippen LogP contribution >= 0.6 is 0 Å². The molecule has 11 heteroatoms. The van der Waals surface area contributed by atoms with Crippen LogP contribution in [0.15, 0.2) is 407 Å². The monoisotopic (exact) mass is 1520 g/mol. The number of benzene rings is 17. The summed E-state index contributed by atoms with van der Waals surface area (Å²) in [6, 6.07) is 143. The lowest BCUT2D eigenvalue weighted by Gasteiger charge is -2.17. The molecular formula is C108H67N11. The normalized spacial score (nSPS) is 11.9. The summed E-state index contributed by atoms with van der Waals surface area (Å²) in [7, 11) is 0. The first kappa shape index (κ1) is 67.3. The zero-order valence-corrected chi connectivity index (χ0v) is 64.1. The fourth-order valence-electron chi connectivity index (χ4n) is 18.9. The summed E-state index contributed by atoms with van der Waals surface area (Å²) >= 11 is 0. The molecule has 0 aliphatic heterocycles. The number of rotatable bonds is 13. The summed E-state index contributed by atoms with van der Waals surface area (Å²) in [4.78, 5) is 32.5. The average molecular weight is 1520 g/mol. The Morgan fingerprint density at radius 2 is 0.437 bits per heavy atom. The number of para-hydroxylation sites is 13. The van der Waals surface area contributed by atoms with Gasteiger partial charge in [0.05, 0.1) is 72.2 Å². The van der Waals surface area contributed by atoms with Crippen LogP contribution in [0.4, 0.5) is 0 Å². The topological polar surface area (TPSA) is 102 Å². The van der Waals surface area contributed by atoms with Gasteiger partial charge in [0, 0.05) is 104 Å². The van der Waals surface area contributed by atoms with Crippen LogP contribution in [0, 0.1) is 0 Å². The zero-order chi connectivity index (χ0) is 78.2. The Morgan fingerprint density at radius 1 is 0.160 bits per heavy atom. The van der Waals surface area contributed by atoms with Gasteiger partial charge in [0.1, 0.15) is 6.33 Å². The standard InChI is InChI=1S/C108H67N11/c1-2-32-70(33-3-1)115-91-53-18-12-41-78(91)83-51-29-49-81(102(83)115)72-35-4-6-44-85(72)104-109-67-110-105(111-104)86-45-7-5-36-73(86)82-50-30-52-84-79-42-13-19-54-92(79)116(103(82)84)71-34-28-31-68(65-71)69-63-64-101-90(66-69)80-43-14-24-59-97(80)119(101)100-62-27-17-48-89(100)108-113-106(87-46-15-25-60-98(87)117-93-55-20-8-37-74(93)75-38-9-21-56-94(75)117)112-107(114-108)88-47-16-26-61-99(88)118-95-57-22-10-39-76(95)77-40-11-23-58-96(77)118/h1-67H. The molecule has 17 aromatic carbocycles. The summed E-state index contributed by atoms with van der Waals surface area (Å²) in [6.07, 6.45) is 1.66. The van der Waals surface area contributed by atoms with E-state index in [0.29, 0.717) is 29.1 Å². The molecule has 0 N–H and O–H groups in total. The van der Waals surface area contributed by atoms with E-state index >= 15 is 0 Å². The van der Waals surface area contributed by atoms with Crippen LogP contribution in [0.2, 0.25) is 0 Å². The smallest absolute Gasteiger partial charge is 0.166 e. The highest BCUT2D eigenvalue weighted by Gasteiger charge is 2.28. The van der Waals surface area contributed by atoms with Crippen molar-refractivity contribution in [2.45, 2.75) is 0 Å². The van der Waals surface area contributed by atoms with Crippen molar-refractivity contribution in [1.29, 1.82) is 0 Å². The molecule has 0 atom stereocenters. The molecule has 0 radical (unpaired) electrons. The van der Waals surface area contributed by atoms with Crippen molar-refractivity contribution >= 4 is 109 Å². The summed E-state index contributed by atoms with van der Waals surface area (Å²) in [6.45, 7) is 0. The third-order valence-corrected chi connectivity index (χ3v) is 24.0. The Hall–Kier alpha value is -16.2. The van der Waals surface area contributed by atoms with Gasteiger partial charge in [-0.25, -0.2) is 29.9 Å². The van der Waals surface area contributed by atoms with E-state index in [4.69, 9.17) is 29.9 Å². The van der Waals surface area contributed by atoms with Gasteiger partial charge in [-0.2, -0.15) is 0 Å². The average Bonchev–Trinajstić information content (AvgIpc) is 1.60. The summed E-state index contributed by atoms with van der Waals surface area (Å²) in [5, 5.41) is 11.6. The van der Waals surface area contributed by atoms with Crippen LogP contribution in [-0.4, -0.2) is 52.7 Å². The SMILES string of the molecule is c1ccc(-n2c3ccccc3c3cccc(-c4ccccc4-c4ncnc(-c5ccccc5-c5cccc6c7ccccc7n(-c7cccc(-c8ccc9c(c8)c8ccccc8n9-c8ccccc8-c8nc(-c9ccccc9-n9c%10ccccc%10c%10ccccc%109)nc(-c9ccccc9-n9c%10ccccc%10c%10ccccc%109)n8)c7)c56)n4)c32)cc1. The van der Waals surface area contributed by atoms with Crippen LogP contribution in [-0.2, 0) is 0 Å². The zero-order valence-electron chi connectivity index (χ0n) is 64.1. The van der Waals surface area contributed by atoms with Crippen molar-refractivity contribution in [3.8, 4) is 119 Å². The maximum absolute atomic E-state index is 5.69. The molecule has 24 rings (SSSR count). The maximum atomic E-state index is 5.69. The third-order valence-electron chi connectivity index (χ3n) is 24.0. The van der Waals surface area contributed by atoms with Crippen LogP contribution < -0.4 is 0 Å². The van der Waals surface area contributed by atoms with Gasteiger partial charge < -0.3 is 22.8 Å². The molecule has 0 aliphatic carbocycles. The largest absolute Gasteiger partial charge is 0.309 e. The van der Waals surface area contributed by atoms with Gasteiger partial charge in [-0.05, 0) is 138 Å². The first-order chi connectivity index (χ1) is 59.1. The summed E-state index contributed by atoms with van der Waals surface area (Å²) in [5.41, 5.74) is 26.6. The van der Waals surface area contributed by atoms with E-state index in [1.165, 1.54) is 32.3 Å². The van der Waals surface area contributed by atoms with Crippen molar-refractivity contribution in [2.24, 2.45) is 0 Å². The Balaban J connectivity index is 0.634. The second-order valence-corrected chi connectivity index (χ2v) is 30.4. The number of aromatic nitrogens is 11. The van der Waals surface area contributed by atoms with Crippen molar-refractivity contribution in [1.82, 2.24) is 52.7 Å². The van der Waals surface area contributed by atoms with Crippen molar-refractivity contribution in [3.63, 3.8) is 0 Å². The number of hydrogen-bond acceptors (Lipinski definition) is 6. The molecule has 0 amide bonds. The van der Waals surface area contributed by atoms with E-state index in [2.05, 4.69) is 423 Å². The Bertz CT molecular complexity index is 8000. The molecule has 0 spiro atoms. The number of nitrogens with zero attached hydrogens (tertiary/aromatic N) is 11. The van der Waals surface area contributed by atoms with Gasteiger partial charge in [-0.15, -0.1) is 0 Å². The molecule has 0 aliphatic rings. The minimum Gasteiger partial charge on any atom is -0.309 e. The first-order valence-corrected chi connectivity index (χ1v) is 40.2. The van der Waals surface area contributed by atoms with Gasteiger partial charge in [-0.3, -0.25) is 0 Å². The highest BCUT2D eigenvalue weighted by atomic mass is 15.1. The number of fused-ring (bicyclic) bond motifs is 15. The molecule has 0 saturated carbocycles. The van der Waals surface area contributed by atoms with Gasteiger partial charge >= 0.3 is 0 Å². The molecule has 554 valence electrons. The van der Waals surface area contributed by atoms with Gasteiger partial charge in [0.25, 0.3) is 0 Å². The van der Waals surface area contributed by atoms with Gasteiger partial charge in [0.2, 0.25) is 0 Å². The molecule has 24 aromatic rings. The van der Waals surface area contributed by atoms with E-state index in [-0.39, 0.29) is 0 Å². The number of hydrogen-bond donors (Lipinski definition) is 0. The lowest BCUT2D eigenvalue weighted by atomic mass is 9.96. The van der Waals surface area contributed by atoms with Crippen LogP contribution in [0.5, 0.6) is 0 Å². The molecule has 119 heavy (non-hydrogen) atoms. The maximum Gasteiger partial charge on any atom is 0.166 e. The van der Waals surface area contributed by atoms with Crippen LogP contribution in [0.25, 0.3) is 228 Å². The van der Waals surface area contributed by atoms with Gasteiger partial charge in [0.15, 0.2) is 29.1 Å². The predicted molar refractivity (Wildman–Crippen MR) is 488 cm³/mol. The molecule has 7 heterocycles. The highest BCUT2D eigenvalue weighted by Crippen LogP contribution is 2.47. The second-order valence-electron chi connectivity index (χ2n) is 30.4. The lowest BCUT2D eigenvalue weighted by molar-refractivity contribution is 1.05. The van der Waals surface area contributed by atoms with E-state index in [1.54, 1.807) is 6.33 Å². The van der Waals surface area contributed by atoms with E-state index in [0.717, 1.165) is 166 Å². The van der Waals surface area contributed by atoms with Gasteiger partial charge in [-0.1, -0.05) is 285 Å². The summed E-state index contributed by atoms with van der Waals surface area (Å²) in [5.74, 6) is 2.80. The summed E-state index contributed by atoms with van der Waals surface area (Å²) < 4.78 is 11.9. The highest BCUT2D eigenvalue weighted by molar-refractivity contribution is 6.18. The minimum absolute atomic E-state index is 0.539. The minimum atomic E-state index is 0.539. The first-order valence-electron chi connectivity index (χ1n) is 40.2. The van der Waals surface area contributed by atoms with Crippen molar-refractivity contribution < 1.29 is 0 Å². The van der Waals surface area contributed by atoms with E-state index in [1.807, 2.05) is 0 Å². The molecule has 0 fully saturated rings. The molecule has 0 bridgehead atoms. The molecule has 0 saturated heterocycles. The quantitative estimate of drug-likeness (QED) is 0.114. The molecular weight excluding hydrogens is 1450 g/mol. The van der Waals surface area contributed by atoms with E-state index in [9.17, 15) is 0 Å². The third kappa shape index (κ3) is 10.6. The lowest BCUT2D eigenvalue weighted by Crippen LogP contribution is -2.06.